The number of halogens is 1. The first-order chi connectivity index (χ1) is 11.5. The number of phenolic OH excluding ortho intramolecular Hbond substituents is 2. The fraction of sp³-hybridized carbons (Fsp3) is 0.167. The second-order valence-corrected chi connectivity index (χ2v) is 5.96. The van der Waals surface area contributed by atoms with E-state index in [2.05, 4.69) is 16.1 Å². The molecule has 0 bridgehead atoms. The predicted octanol–water partition coefficient (Wildman–Crippen LogP) is 3.50. The Hall–Kier alpha value is -2.47. The Morgan fingerprint density at radius 2 is 1.92 bits per heavy atom. The average molecular weight is 392 g/mol. The van der Waals surface area contributed by atoms with Gasteiger partial charge in [0.2, 0.25) is 0 Å². The molecule has 0 aliphatic heterocycles. The molecule has 126 valence electrons. The van der Waals surface area contributed by atoms with Crippen molar-refractivity contribution in [1.82, 2.24) is 3.93 Å². The lowest BCUT2D eigenvalue weighted by Crippen LogP contribution is -2.21. The Balaban J connectivity index is 1.92. The van der Waals surface area contributed by atoms with Gasteiger partial charge in [-0.2, -0.15) is 0 Å². The molecule has 0 spiro atoms. The van der Waals surface area contributed by atoms with Gasteiger partial charge in [0.1, 0.15) is 5.75 Å². The molecule has 0 heterocycles. The second kappa shape index (κ2) is 8.40. The highest BCUT2D eigenvalue weighted by atomic mass is 79.9. The minimum atomic E-state index is -0.194. The molecule has 2 N–H and O–H groups in total. The van der Waals surface area contributed by atoms with Gasteiger partial charge in [-0.25, -0.2) is 0 Å². The molecule has 0 fully saturated rings. The van der Waals surface area contributed by atoms with Crippen molar-refractivity contribution < 1.29 is 19.7 Å². The van der Waals surface area contributed by atoms with Gasteiger partial charge in [-0.3, -0.25) is 8.72 Å². The summed E-state index contributed by atoms with van der Waals surface area (Å²) in [6, 6.07) is 11.7. The van der Waals surface area contributed by atoms with E-state index in [0.29, 0.717) is 18.7 Å². The number of amides is 1. The lowest BCUT2D eigenvalue weighted by Gasteiger charge is -2.12. The number of phenols is 2. The number of aromatic hydroxyl groups is 2. The Bertz CT molecular complexity index is 728. The summed E-state index contributed by atoms with van der Waals surface area (Å²) in [5.74, 6) is 0.434. The monoisotopic (exact) mass is 391 g/mol. The van der Waals surface area contributed by atoms with Crippen molar-refractivity contribution >= 4 is 28.1 Å². The molecular formula is C18H18BrNO4. The summed E-state index contributed by atoms with van der Waals surface area (Å²) >= 11 is 3.25. The van der Waals surface area contributed by atoms with Gasteiger partial charge in [0, 0.05) is 12.6 Å². The van der Waals surface area contributed by atoms with E-state index in [1.807, 2.05) is 12.1 Å². The molecular weight excluding hydrogens is 374 g/mol. The predicted molar refractivity (Wildman–Crippen MR) is 96.1 cm³/mol. The topological polar surface area (TPSA) is 70.0 Å². The number of methoxy groups -OCH3 is 1. The summed E-state index contributed by atoms with van der Waals surface area (Å²) in [7, 11) is 1.47. The van der Waals surface area contributed by atoms with Gasteiger partial charge in [-0.15, -0.1) is 0 Å². The van der Waals surface area contributed by atoms with Gasteiger partial charge in [0.15, 0.2) is 11.5 Å². The van der Waals surface area contributed by atoms with Crippen LogP contribution in [0.2, 0.25) is 0 Å². The van der Waals surface area contributed by atoms with Crippen LogP contribution in [0.25, 0.3) is 6.08 Å². The van der Waals surface area contributed by atoms with Crippen molar-refractivity contribution in [2.45, 2.75) is 6.42 Å². The number of carbonyl (C=O) groups is 1. The second-order valence-electron chi connectivity index (χ2n) is 5.11. The van der Waals surface area contributed by atoms with E-state index in [4.69, 9.17) is 4.74 Å². The first kappa shape index (κ1) is 17.9. The third-order valence-electron chi connectivity index (χ3n) is 3.39. The van der Waals surface area contributed by atoms with Gasteiger partial charge in [0.05, 0.1) is 23.3 Å². The fourth-order valence-corrected chi connectivity index (χ4v) is 2.34. The van der Waals surface area contributed by atoms with Crippen molar-refractivity contribution in [3.8, 4) is 17.2 Å². The molecule has 1 amide bonds. The summed E-state index contributed by atoms with van der Waals surface area (Å²) in [5.41, 5.74) is 1.77. The number of benzene rings is 2. The summed E-state index contributed by atoms with van der Waals surface area (Å²) in [5, 5.41) is 18.8. The van der Waals surface area contributed by atoms with Gasteiger partial charge in [0.25, 0.3) is 5.91 Å². The van der Waals surface area contributed by atoms with Gasteiger partial charge in [-0.05, 0) is 47.9 Å². The summed E-state index contributed by atoms with van der Waals surface area (Å²) < 4.78 is 6.47. The number of rotatable bonds is 6. The lowest BCUT2D eigenvalue weighted by molar-refractivity contribution is -0.120. The zero-order valence-corrected chi connectivity index (χ0v) is 14.7. The maximum atomic E-state index is 12.1. The number of hydrogen-bond acceptors (Lipinski definition) is 4. The first-order valence-corrected chi connectivity index (χ1v) is 8.01. The van der Waals surface area contributed by atoms with E-state index in [1.165, 1.54) is 23.2 Å². The van der Waals surface area contributed by atoms with Gasteiger partial charge < -0.3 is 14.9 Å². The molecule has 24 heavy (non-hydrogen) atoms. The van der Waals surface area contributed by atoms with Crippen molar-refractivity contribution in [1.29, 1.82) is 0 Å². The van der Waals surface area contributed by atoms with Crippen LogP contribution in [0.15, 0.2) is 48.5 Å². The quantitative estimate of drug-likeness (QED) is 0.583. The highest BCUT2D eigenvalue weighted by Gasteiger charge is 2.07. The van der Waals surface area contributed by atoms with E-state index in [-0.39, 0.29) is 17.4 Å². The van der Waals surface area contributed by atoms with Crippen LogP contribution in [0, 0.1) is 0 Å². The number of ether oxygens (including phenoxy) is 1. The number of hydrogen-bond donors (Lipinski definition) is 2. The summed E-state index contributed by atoms with van der Waals surface area (Å²) in [4.78, 5) is 12.1. The minimum absolute atomic E-state index is 0.0528. The van der Waals surface area contributed by atoms with E-state index < -0.39 is 0 Å². The Labute approximate surface area is 149 Å². The summed E-state index contributed by atoms with van der Waals surface area (Å²) in [6.45, 7) is 0.493. The zero-order valence-electron chi connectivity index (χ0n) is 13.1. The number of carbonyl (C=O) groups excluding carboxylic acids is 1. The molecule has 0 saturated carbocycles. The fourth-order valence-electron chi connectivity index (χ4n) is 2.05. The third-order valence-corrected chi connectivity index (χ3v) is 4.10. The van der Waals surface area contributed by atoms with Crippen molar-refractivity contribution in [3.05, 3.63) is 59.7 Å². The summed E-state index contributed by atoms with van der Waals surface area (Å²) in [6.07, 6.45) is 3.76. The van der Waals surface area contributed by atoms with Crippen LogP contribution in [0.1, 0.15) is 11.1 Å². The maximum absolute atomic E-state index is 12.1. The Morgan fingerprint density at radius 3 is 2.58 bits per heavy atom. The molecule has 0 saturated heterocycles. The minimum Gasteiger partial charge on any atom is -0.508 e. The van der Waals surface area contributed by atoms with Crippen LogP contribution in [0.3, 0.4) is 0 Å². The number of nitrogens with zero attached hydrogens (tertiary/aromatic N) is 1. The van der Waals surface area contributed by atoms with Gasteiger partial charge >= 0.3 is 0 Å². The molecule has 0 aromatic heterocycles. The van der Waals surface area contributed by atoms with Crippen LogP contribution in [0.5, 0.6) is 17.2 Å². The van der Waals surface area contributed by atoms with Crippen LogP contribution in [0.4, 0.5) is 0 Å². The van der Waals surface area contributed by atoms with Gasteiger partial charge in [-0.1, -0.05) is 18.2 Å². The van der Waals surface area contributed by atoms with Crippen LogP contribution >= 0.6 is 16.1 Å². The van der Waals surface area contributed by atoms with Crippen LogP contribution in [-0.4, -0.2) is 33.7 Å². The van der Waals surface area contributed by atoms with Crippen molar-refractivity contribution in [3.63, 3.8) is 0 Å². The Kier molecular flexibility index (Phi) is 6.26. The lowest BCUT2D eigenvalue weighted by atomic mass is 10.1. The first-order valence-electron chi connectivity index (χ1n) is 7.30. The molecule has 2 aromatic carbocycles. The SMILES string of the molecule is COc1cc(/C=C/C(=O)N(Br)CCc2ccc(O)cc2)ccc1O. The average Bonchev–Trinajstić information content (AvgIpc) is 2.60. The van der Waals surface area contributed by atoms with E-state index in [9.17, 15) is 15.0 Å². The van der Waals surface area contributed by atoms with Crippen molar-refractivity contribution in [2.24, 2.45) is 0 Å². The molecule has 2 rings (SSSR count). The molecule has 0 aliphatic carbocycles. The van der Waals surface area contributed by atoms with Crippen molar-refractivity contribution in [2.75, 3.05) is 13.7 Å². The van der Waals surface area contributed by atoms with E-state index in [0.717, 1.165) is 11.1 Å². The largest absolute Gasteiger partial charge is 0.508 e. The van der Waals surface area contributed by atoms with Crippen LogP contribution in [-0.2, 0) is 11.2 Å². The van der Waals surface area contributed by atoms with E-state index >= 15 is 0 Å². The molecule has 0 aliphatic rings. The molecule has 2 aromatic rings. The molecule has 0 unspecified atom stereocenters. The normalized spacial score (nSPS) is 10.8. The highest BCUT2D eigenvalue weighted by molar-refractivity contribution is 9.07. The highest BCUT2D eigenvalue weighted by Crippen LogP contribution is 2.26. The zero-order chi connectivity index (χ0) is 17.5. The van der Waals surface area contributed by atoms with E-state index in [1.54, 1.807) is 30.3 Å². The smallest absolute Gasteiger partial charge is 0.256 e. The molecule has 0 radical (unpaired) electrons. The van der Waals surface area contributed by atoms with Crippen LogP contribution < -0.4 is 4.74 Å². The molecule has 5 nitrogen and oxygen atoms in total. The standard InChI is InChI=1S/C18H18BrNO4/c1-24-17-12-14(4-8-16(17)22)5-9-18(23)20(19)11-10-13-2-6-15(21)7-3-13/h2-9,12,21-22H,10-11H2,1H3/b9-5+. The third kappa shape index (κ3) is 5.03. The maximum Gasteiger partial charge on any atom is 0.256 e. The molecule has 6 heteroatoms. The Morgan fingerprint density at radius 1 is 1.21 bits per heavy atom. The molecule has 0 atom stereocenters.